The van der Waals surface area contributed by atoms with Gasteiger partial charge in [0, 0.05) is 18.9 Å². The molecule has 1 heterocycles. The lowest BCUT2D eigenvalue weighted by molar-refractivity contribution is 0.426. The van der Waals surface area contributed by atoms with Crippen molar-refractivity contribution in [3.8, 4) is 0 Å². The average molecular weight is 363 g/mol. The SMILES string of the molecule is COC(=S)SC(Cn1ccnc1)c1c(C)cc(C(C)(C)C)cc1C. The van der Waals surface area contributed by atoms with Crippen LogP contribution in [-0.4, -0.2) is 21.0 Å². The second-order valence-electron chi connectivity index (χ2n) is 7.09. The van der Waals surface area contributed by atoms with Crippen LogP contribution in [0.4, 0.5) is 0 Å². The molecule has 0 fully saturated rings. The van der Waals surface area contributed by atoms with Crippen molar-refractivity contribution in [1.82, 2.24) is 9.55 Å². The molecule has 3 nitrogen and oxygen atoms in total. The van der Waals surface area contributed by atoms with Crippen LogP contribution in [0.25, 0.3) is 0 Å². The molecular formula is C19H26N2OS2. The zero-order chi connectivity index (χ0) is 17.9. The first-order valence-corrected chi connectivity index (χ1v) is 9.33. The first-order valence-electron chi connectivity index (χ1n) is 8.04. The molecule has 0 aliphatic rings. The van der Waals surface area contributed by atoms with Gasteiger partial charge in [0.1, 0.15) is 0 Å². The van der Waals surface area contributed by atoms with Crippen molar-refractivity contribution >= 4 is 28.4 Å². The van der Waals surface area contributed by atoms with E-state index in [1.165, 1.54) is 22.3 Å². The van der Waals surface area contributed by atoms with Gasteiger partial charge in [-0.1, -0.05) is 44.7 Å². The van der Waals surface area contributed by atoms with Crippen LogP contribution in [-0.2, 0) is 16.7 Å². The highest BCUT2D eigenvalue weighted by Crippen LogP contribution is 2.38. The molecule has 0 spiro atoms. The van der Waals surface area contributed by atoms with Crippen molar-refractivity contribution in [3.63, 3.8) is 0 Å². The summed E-state index contributed by atoms with van der Waals surface area (Å²) in [6.45, 7) is 11.9. The highest BCUT2D eigenvalue weighted by atomic mass is 32.2. The van der Waals surface area contributed by atoms with Crippen molar-refractivity contribution in [2.45, 2.75) is 51.8 Å². The van der Waals surface area contributed by atoms with Crippen LogP contribution < -0.4 is 0 Å². The van der Waals surface area contributed by atoms with Crippen LogP contribution in [0.3, 0.4) is 0 Å². The van der Waals surface area contributed by atoms with Gasteiger partial charge >= 0.3 is 0 Å². The van der Waals surface area contributed by atoms with E-state index in [-0.39, 0.29) is 10.7 Å². The van der Waals surface area contributed by atoms with Crippen molar-refractivity contribution in [3.05, 3.63) is 53.1 Å². The fraction of sp³-hybridized carbons (Fsp3) is 0.474. The smallest absolute Gasteiger partial charge is 0.220 e. The van der Waals surface area contributed by atoms with E-state index >= 15 is 0 Å². The third-order valence-electron chi connectivity index (χ3n) is 4.12. The van der Waals surface area contributed by atoms with E-state index < -0.39 is 0 Å². The van der Waals surface area contributed by atoms with Crippen LogP contribution in [0.2, 0.25) is 0 Å². The summed E-state index contributed by atoms with van der Waals surface area (Å²) in [6.07, 6.45) is 5.63. The minimum Gasteiger partial charge on any atom is -0.482 e. The van der Waals surface area contributed by atoms with Gasteiger partial charge in [-0.15, -0.1) is 0 Å². The molecule has 0 aliphatic carbocycles. The molecule has 0 bridgehead atoms. The molecule has 0 aliphatic heterocycles. The topological polar surface area (TPSA) is 27.1 Å². The molecule has 1 unspecified atom stereocenters. The lowest BCUT2D eigenvalue weighted by Crippen LogP contribution is -2.15. The molecule has 5 heteroatoms. The maximum absolute atomic E-state index is 5.31. The number of thiocarbonyl (C=S) groups is 1. The van der Waals surface area contributed by atoms with Gasteiger partial charge in [0.2, 0.25) is 4.38 Å². The van der Waals surface area contributed by atoms with E-state index in [2.05, 4.69) is 56.3 Å². The standard InChI is InChI=1S/C19H26N2OS2/c1-13-9-15(19(3,4)5)10-14(2)17(13)16(24-18(23)22-6)11-21-8-7-20-12-21/h7-10,12,16H,11H2,1-6H3. The monoisotopic (exact) mass is 362 g/mol. The van der Waals surface area contributed by atoms with Gasteiger partial charge in [-0.25, -0.2) is 4.98 Å². The Bertz CT molecular complexity index is 680. The predicted molar refractivity (Wildman–Crippen MR) is 107 cm³/mol. The van der Waals surface area contributed by atoms with E-state index in [1.807, 2.05) is 12.5 Å². The Kier molecular flexibility index (Phi) is 6.10. The van der Waals surface area contributed by atoms with E-state index in [9.17, 15) is 0 Å². The second-order valence-corrected chi connectivity index (χ2v) is 8.90. The third-order valence-corrected chi connectivity index (χ3v) is 5.61. The van der Waals surface area contributed by atoms with Gasteiger partial charge in [0.05, 0.1) is 18.7 Å². The number of imidazole rings is 1. The normalized spacial score (nSPS) is 12.9. The lowest BCUT2D eigenvalue weighted by atomic mass is 9.83. The molecule has 1 atom stereocenters. The maximum atomic E-state index is 5.31. The Morgan fingerprint density at radius 2 is 1.92 bits per heavy atom. The number of methoxy groups -OCH3 is 1. The van der Waals surface area contributed by atoms with E-state index in [1.54, 1.807) is 25.1 Å². The molecular weight excluding hydrogens is 336 g/mol. The highest BCUT2D eigenvalue weighted by molar-refractivity contribution is 8.22. The highest BCUT2D eigenvalue weighted by Gasteiger charge is 2.23. The summed E-state index contributed by atoms with van der Waals surface area (Å²) in [7, 11) is 1.63. The molecule has 0 amide bonds. The first kappa shape index (κ1) is 19.0. The summed E-state index contributed by atoms with van der Waals surface area (Å²) in [6, 6.07) is 4.61. The first-order chi connectivity index (χ1) is 11.2. The Balaban J connectivity index is 2.43. The molecule has 130 valence electrons. The molecule has 1 aromatic heterocycles. The second kappa shape index (κ2) is 7.70. The molecule has 0 radical (unpaired) electrons. The van der Waals surface area contributed by atoms with E-state index in [0.717, 1.165) is 6.54 Å². The lowest BCUT2D eigenvalue weighted by Gasteiger charge is -2.26. The summed E-state index contributed by atoms with van der Waals surface area (Å²) >= 11 is 6.91. The summed E-state index contributed by atoms with van der Waals surface area (Å²) in [5.41, 5.74) is 5.44. The van der Waals surface area contributed by atoms with Crippen LogP contribution in [0, 0.1) is 13.8 Å². The number of aromatic nitrogens is 2. The van der Waals surface area contributed by atoms with Gasteiger partial charge in [-0.3, -0.25) is 0 Å². The van der Waals surface area contributed by atoms with Gasteiger partial charge in [0.15, 0.2) is 0 Å². The van der Waals surface area contributed by atoms with E-state index in [0.29, 0.717) is 4.38 Å². The fourth-order valence-electron chi connectivity index (χ4n) is 2.85. The number of hydrogen-bond acceptors (Lipinski definition) is 4. The number of aryl methyl sites for hydroxylation is 2. The van der Waals surface area contributed by atoms with Gasteiger partial charge in [-0.05, 0) is 53.7 Å². The van der Waals surface area contributed by atoms with Gasteiger partial charge in [0.25, 0.3) is 0 Å². The minimum absolute atomic E-state index is 0.142. The summed E-state index contributed by atoms with van der Waals surface area (Å²) in [5.74, 6) is 0. The number of benzene rings is 1. The molecule has 0 N–H and O–H groups in total. The third kappa shape index (κ3) is 4.61. The summed E-state index contributed by atoms with van der Waals surface area (Å²) in [5, 5.41) is 0.195. The van der Waals surface area contributed by atoms with Crippen molar-refractivity contribution in [2.24, 2.45) is 0 Å². The van der Waals surface area contributed by atoms with Crippen molar-refractivity contribution in [1.29, 1.82) is 0 Å². The number of rotatable bonds is 4. The van der Waals surface area contributed by atoms with E-state index in [4.69, 9.17) is 17.0 Å². The van der Waals surface area contributed by atoms with Gasteiger partial charge < -0.3 is 9.30 Å². The average Bonchev–Trinajstić information content (AvgIpc) is 2.98. The zero-order valence-electron chi connectivity index (χ0n) is 15.3. The summed E-state index contributed by atoms with van der Waals surface area (Å²) < 4.78 is 7.91. The largest absolute Gasteiger partial charge is 0.482 e. The molecule has 24 heavy (non-hydrogen) atoms. The zero-order valence-corrected chi connectivity index (χ0v) is 16.9. The maximum Gasteiger partial charge on any atom is 0.220 e. The summed E-state index contributed by atoms with van der Waals surface area (Å²) in [4.78, 5) is 4.15. The molecule has 1 aromatic carbocycles. The van der Waals surface area contributed by atoms with Crippen LogP contribution >= 0.6 is 24.0 Å². The van der Waals surface area contributed by atoms with Crippen LogP contribution in [0.15, 0.2) is 30.9 Å². The number of ether oxygens (including phenoxy) is 1. The van der Waals surface area contributed by atoms with Gasteiger partial charge in [-0.2, -0.15) is 0 Å². The van der Waals surface area contributed by atoms with Crippen molar-refractivity contribution in [2.75, 3.05) is 7.11 Å². The number of hydrogen-bond donors (Lipinski definition) is 0. The Morgan fingerprint density at radius 3 is 2.38 bits per heavy atom. The fourth-order valence-corrected chi connectivity index (χ4v) is 4.27. The number of thioether (sulfide) groups is 1. The van der Waals surface area contributed by atoms with Crippen LogP contribution in [0.1, 0.15) is 48.3 Å². The predicted octanol–water partition coefficient (Wildman–Crippen LogP) is 5.20. The Hall–Kier alpha value is -1.33. The Labute approximate surface area is 154 Å². The molecule has 2 rings (SSSR count). The van der Waals surface area contributed by atoms with Crippen molar-refractivity contribution < 1.29 is 4.74 Å². The van der Waals surface area contributed by atoms with Crippen LogP contribution in [0.5, 0.6) is 0 Å². The Morgan fingerprint density at radius 1 is 1.29 bits per heavy atom. The molecule has 0 saturated heterocycles. The number of nitrogens with zero attached hydrogens (tertiary/aromatic N) is 2. The molecule has 0 saturated carbocycles. The quantitative estimate of drug-likeness (QED) is 0.698. The molecule has 2 aromatic rings. The minimum atomic E-state index is 0.142.